The van der Waals surface area contributed by atoms with Crippen LogP contribution < -0.4 is 5.32 Å². The number of likely N-dealkylation sites (N-methyl/N-ethyl adjacent to an activating group) is 1. The summed E-state index contributed by atoms with van der Waals surface area (Å²) in [5, 5.41) is 3.06. The molecule has 0 radical (unpaired) electrons. The van der Waals surface area contributed by atoms with Crippen LogP contribution in [0.1, 0.15) is 0 Å². The molecule has 1 atom stereocenters. The number of amides is 1. The van der Waals surface area contributed by atoms with Crippen molar-refractivity contribution in [2.75, 3.05) is 45.3 Å². The molecule has 1 aliphatic heterocycles. The lowest BCUT2D eigenvalue weighted by Gasteiger charge is -2.32. The van der Waals surface area contributed by atoms with Gasteiger partial charge in [-0.3, -0.25) is 4.79 Å². The molecular weight excluding hydrogens is 200 g/mol. The van der Waals surface area contributed by atoms with E-state index in [1.54, 1.807) is 11.8 Å². The quantitative estimate of drug-likeness (QED) is 0.709. The highest BCUT2D eigenvalue weighted by atomic mass is 32.2. The molecule has 1 aliphatic rings. The molecular formula is C9H18N2O2S. The second-order valence-electron chi connectivity index (χ2n) is 3.32. The molecule has 1 amide bonds. The smallest absolute Gasteiger partial charge is 0.232 e. The Morgan fingerprint density at radius 3 is 3.14 bits per heavy atom. The summed E-state index contributed by atoms with van der Waals surface area (Å²) in [6.07, 6.45) is 2.10. The zero-order valence-electron chi connectivity index (χ0n) is 8.78. The second-order valence-corrected chi connectivity index (χ2v) is 4.19. The van der Waals surface area contributed by atoms with E-state index in [0.29, 0.717) is 12.4 Å². The van der Waals surface area contributed by atoms with Gasteiger partial charge in [0.1, 0.15) is 0 Å². The highest BCUT2D eigenvalue weighted by molar-refractivity contribution is 7.99. The Labute approximate surface area is 89.4 Å². The van der Waals surface area contributed by atoms with Gasteiger partial charge in [-0.25, -0.2) is 0 Å². The van der Waals surface area contributed by atoms with Crippen molar-refractivity contribution in [2.45, 2.75) is 6.10 Å². The maximum absolute atomic E-state index is 11.6. The van der Waals surface area contributed by atoms with E-state index in [2.05, 4.69) is 5.32 Å². The van der Waals surface area contributed by atoms with Crippen molar-refractivity contribution in [3.63, 3.8) is 0 Å². The number of nitrogens with one attached hydrogen (secondary N) is 1. The van der Waals surface area contributed by atoms with Crippen molar-refractivity contribution < 1.29 is 9.53 Å². The average Bonchev–Trinajstić information content (AvgIpc) is 2.19. The van der Waals surface area contributed by atoms with E-state index in [9.17, 15) is 4.79 Å². The largest absolute Gasteiger partial charge is 0.373 e. The van der Waals surface area contributed by atoms with Gasteiger partial charge in [-0.15, -0.1) is 0 Å². The summed E-state index contributed by atoms with van der Waals surface area (Å²) in [4.78, 5) is 13.5. The summed E-state index contributed by atoms with van der Waals surface area (Å²) in [5.41, 5.74) is 0. The van der Waals surface area contributed by atoms with E-state index < -0.39 is 0 Å². The van der Waals surface area contributed by atoms with Crippen LogP contribution in [-0.2, 0) is 9.53 Å². The third-order valence-electron chi connectivity index (χ3n) is 2.19. The molecule has 0 saturated carbocycles. The minimum Gasteiger partial charge on any atom is -0.373 e. The van der Waals surface area contributed by atoms with Crippen molar-refractivity contribution in [3.8, 4) is 0 Å². The summed E-state index contributed by atoms with van der Waals surface area (Å²) in [6, 6.07) is 0. The fourth-order valence-corrected chi connectivity index (χ4v) is 1.94. The van der Waals surface area contributed by atoms with Crippen molar-refractivity contribution in [3.05, 3.63) is 0 Å². The Hall–Kier alpha value is -0.260. The number of rotatable bonds is 4. The molecule has 82 valence electrons. The van der Waals surface area contributed by atoms with Crippen molar-refractivity contribution in [1.82, 2.24) is 10.2 Å². The molecule has 1 heterocycles. The van der Waals surface area contributed by atoms with Crippen molar-refractivity contribution in [2.24, 2.45) is 0 Å². The number of carbonyl (C=O) groups excluding carboxylic acids is 1. The normalized spacial score (nSPS) is 22.4. The van der Waals surface area contributed by atoms with Crippen LogP contribution in [0.4, 0.5) is 0 Å². The van der Waals surface area contributed by atoms with Crippen LogP contribution in [0, 0.1) is 0 Å². The van der Waals surface area contributed by atoms with Crippen LogP contribution in [-0.4, -0.2) is 62.2 Å². The van der Waals surface area contributed by atoms with Crippen LogP contribution in [0.3, 0.4) is 0 Å². The number of nitrogens with zero attached hydrogens (tertiary/aromatic N) is 1. The molecule has 0 aliphatic carbocycles. The molecule has 1 rings (SSSR count). The first-order valence-electron chi connectivity index (χ1n) is 4.81. The van der Waals surface area contributed by atoms with Gasteiger partial charge in [0.05, 0.1) is 18.5 Å². The monoisotopic (exact) mass is 218 g/mol. The summed E-state index contributed by atoms with van der Waals surface area (Å²) in [7, 11) is 1.89. The maximum Gasteiger partial charge on any atom is 0.232 e. The first-order valence-corrected chi connectivity index (χ1v) is 6.20. The van der Waals surface area contributed by atoms with Crippen LogP contribution in [0.15, 0.2) is 0 Å². The van der Waals surface area contributed by atoms with Crippen LogP contribution in [0.5, 0.6) is 0 Å². The maximum atomic E-state index is 11.6. The molecule has 0 aromatic rings. The van der Waals surface area contributed by atoms with Crippen molar-refractivity contribution in [1.29, 1.82) is 0 Å². The molecule has 4 nitrogen and oxygen atoms in total. The fourth-order valence-electron chi connectivity index (χ4n) is 1.51. The van der Waals surface area contributed by atoms with E-state index in [1.807, 2.05) is 18.2 Å². The van der Waals surface area contributed by atoms with Gasteiger partial charge in [0.2, 0.25) is 5.91 Å². The number of hydrogen-bond donors (Lipinski definition) is 1. The third kappa shape index (κ3) is 3.48. The Morgan fingerprint density at radius 1 is 1.71 bits per heavy atom. The fraction of sp³-hybridized carbons (Fsp3) is 0.889. The Balaban J connectivity index is 2.35. The Bertz CT molecular complexity index is 188. The van der Waals surface area contributed by atoms with E-state index >= 15 is 0 Å². The molecule has 14 heavy (non-hydrogen) atoms. The van der Waals surface area contributed by atoms with Crippen LogP contribution in [0.2, 0.25) is 0 Å². The van der Waals surface area contributed by atoms with Crippen molar-refractivity contribution >= 4 is 17.7 Å². The highest BCUT2D eigenvalue weighted by Gasteiger charge is 2.22. The van der Waals surface area contributed by atoms with Gasteiger partial charge in [-0.1, -0.05) is 0 Å². The number of morpholine rings is 1. The average molecular weight is 218 g/mol. The van der Waals surface area contributed by atoms with Gasteiger partial charge in [0.15, 0.2) is 0 Å². The first kappa shape index (κ1) is 11.8. The predicted molar refractivity (Wildman–Crippen MR) is 58.6 cm³/mol. The minimum atomic E-state index is 0.152. The molecule has 0 aromatic carbocycles. The summed E-state index contributed by atoms with van der Waals surface area (Å²) >= 11 is 1.57. The van der Waals surface area contributed by atoms with Gasteiger partial charge in [-0.2, -0.15) is 11.8 Å². The van der Waals surface area contributed by atoms with Gasteiger partial charge >= 0.3 is 0 Å². The van der Waals surface area contributed by atoms with E-state index in [0.717, 1.165) is 19.6 Å². The van der Waals surface area contributed by atoms with Crippen LogP contribution in [0.25, 0.3) is 0 Å². The summed E-state index contributed by atoms with van der Waals surface area (Å²) in [6.45, 7) is 2.93. The van der Waals surface area contributed by atoms with Gasteiger partial charge in [-0.05, 0) is 13.3 Å². The van der Waals surface area contributed by atoms with Gasteiger partial charge in [0, 0.05) is 19.6 Å². The molecule has 1 fully saturated rings. The highest BCUT2D eigenvalue weighted by Crippen LogP contribution is 2.06. The van der Waals surface area contributed by atoms with E-state index in [4.69, 9.17) is 4.74 Å². The van der Waals surface area contributed by atoms with Gasteiger partial charge in [0.25, 0.3) is 0 Å². The SMILES string of the molecule is CNCC1CN(C(=O)CSC)CCO1. The molecule has 0 spiro atoms. The third-order valence-corrected chi connectivity index (χ3v) is 2.73. The van der Waals surface area contributed by atoms with Crippen LogP contribution >= 0.6 is 11.8 Å². The lowest BCUT2D eigenvalue weighted by atomic mass is 10.2. The molecule has 0 aromatic heterocycles. The minimum absolute atomic E-state index is 0.152. The molecule has 0 bridgehead atoms. The molecule has 1 N–H and O–H groups in total. The lowest BCUT2D eigenvalue weighted by molar-refractivity contribution is -0.135. The van der Waals surface area contributed by atoms with E-state index in [1.165, 1.54) is 0 Å². The molecule has 1 unspecified atom stereocenters. The summed E-state index contributed by atoms with van der Waals surface area (Å²) < 4.78 is 5.51. The second kappa shape index (κ2) is 6.27. The summed E-state index contributed by atoms with van der Waals surface area (Å²) in [5.74, 6) is 0.800. The van der Waals surface area contributed by atoms with Gasteiger partial charge < -0.3 is 15.0 Å². The zero-order chi connectivity index (χ0) is 10.4. The lowest BCUT2D eigenvalue weighted by Crippen LogP contribution is -2.49. The topological polar surface area (TPSA) is 41.6 Å². The number of carbonyl (C=O) groups is 1. The number of ether oxygens (including phenoxy) is 1. The zero-order valence-corrected chi connectivity index (χ0v) is 9.60. The predicted octanol–water partition coefficient (Wildman–Crippen LogP) is -0.204. The Kier molecular flexibility index (Phi) is 5.29. The van der Waals surface area contributed by atoms with E-state index in [-0.39, 0.29) is 12.0 Å². The first-order chi connectivity index (χ1) is 6.77. The number of thioether (sulfide) groups is 1. The number of hydrogen-bond acceptors (Lipinski definition) is 4. The molecule has 5 heteroatoms. The Morgan fingerprint density at radius 2 is 2.50 bits per heavy atom. The standard InChI is InChI=1S/C9H18N2O2S/c1-10-5-8-6-11(3-4-13-8)9(12)7-14-2/h8,10H,3-7H2,1-2H3. The molecule has 1 saturated heterocycles.